The zero-order valence-electron chi connectivity index (χ0n) is 11.8. The highest BCUT2D eigenvalue weighted by molar-refractivity contribution is 5.81. The number of nitrogens with zero attached hydrogens (tertiary/aromatic N) is 1. The number of rotatable bonds is 6. The van der Waals surface area contributed by atoms with Gasteiger partial charge in [0.05, 0.1) is 6.04 Å². The van der Waals surface area contributed by atoms with Gasteiger partial charge in [-0.05, 0) is 18.4 Å². The van der Waals surface area contributed by atoms with Gasteiger partial charge in [0.1, 0.15) is 0 Å². The Kier molecular flexibility index (Phi) is 5.32. The van der Waals surface area contributed by atoms with E-state index in [2.05, 4.69) is 41.1 Å². The summed E-state index contributed by atoms with van der Waals surface area (Å²) in [5.74, 6) is -0.0727. The number of hydrogen-bond acceptors (Lipinski definition) is 3. The summed E-state index contributed by atoms with van der Waals surface area (Å²) < 4.78 is 0. The highest BCUT2D eigenvalue weighted by Gasteiger charge is 2.25. The van der Waals surface area contributed by atoms with Gasteiger partial charge in [-0.25, -0.2) is 0 Å². The molecule has 0 aliphatic carbocycles. The van der Waals surface area contributed by atoms with Crippen molar-refractivity contribution in [2.45, 2.75) is 31.5 Å². The summed E-state index contributed by atoms with van der Waals surface area (Å²) in [5.41, 5.74) is 7.08. The van der Waals surface area contributed by atoms with Gasteiger partial charge in [0, 0.05) is 25.7 Å². The number of benzene rings is 1. The molecular weight excluding hydrogens is 250 g/mol. The van der Waals surface area contributed by atoms with Crippen LogP contribution in [0.25, 0.3) is 0 Å². The highest BCUT2D eigenvalue weighted by Crippen LogP contribution is 2.13. The zero-order chi connectivity index (χ0) is 14.4. The third-order valence-electron chi connectivity index (χ3n) is 3.63. The van der Waals surface area contributed by atoms with Crippen molar-refractivity contribution in [1.29, 1.82) is 0 Å². The van der Waals surface area contributed by atoms with Gasteiger partial charge in [0.25, 0.3) is 0 Å². The van der Waals surface area contributed by atoms with Crippen LogP contribution in [-0.4, -0.2) is 36.0 Å². The lowest BCUT2D eigenvalue weighted by Gasteiger charge is -2.18. The van der Waals surface area contributed by atoms with E-state index in [1.807, 2.05) is 6.07 Å². The van der Waals surface area contributed by atoms with Crippen molar-refractivity contribution >= 4 is 5.91 Å². The molecular formula is C16H23N3O. The predicted octanol–water partition coefficient (Wildman–Crippen LogP) is 1.28. The summed E-state index contributed by atoms with van der Waals surface area (Å²) in [6.45, 7) is 6.44. The van der Waals surface area contributed by atoms with Gasteiger partial charge in [-0.15, -0.1) is 6.58 Å². The van der Waals surface area contributed by atoms with E-state index in [9.17, 15) is 4.79 Å². The number of nitrogens with one attached hydrogen (secondary N) is 1. The molecule has 1 aromatic rings. The molecule has 2 rings (SSSR count). The second-order valence-corrected chi connectivity index (χ2v) is 5.35. The summed E-state index contributed by atoms with van der Waals surface area (Å²) >= 11 is 0. The summed E-state index contributed by atoms with van der Waals surface area (Å²) in [6.07, 6.45) is 3.19. The second-order valence-electron chi connectivity index (χ2n) is 5.35. The number of carbonyl (C=O) groups is 1. The van der Waals surface area contributed by atoms with Crippen molar-refractivity contribution in [2.75, 3.05) is 13.1 Å². The first-order valence-electron chi connectivity index (χ1n) is 7.12. The molecule has 1 aliphatic heterocycles. The van der Waals surface area contributed by atoms with Crippen LogP contribution in [0.2, 0.25) is 0 Å². The third-order valence-corrected chi connectivity index (χ3v) is 3.63. The van der Waals surface area contributed by atoms with Gasteiger partial charge in [0.2, 0.25) is 5.91 Å². The minimum atomic E-state index is -0.476. The molecule has 4 heteroatoms. The van der Waals surface area contributed by atoms with E-state index in [0.29, 0.717) is 6.42 Å². The maximum atomic E-state index is 11.9. The molecule has 0 radical (unpaired) electrons. The van der Waals surface area contributed by atoms with Crippen LogP contribution in [-0.2, 0) is 11.3 Å². The van der Waals surface area contributed by atoms with Gasteiger partial charge in [-0.3, -0.25) is 9.69 Å². The van der Waals surface area contributed by atoms with E-state index >= 15 is 0 Å². The normalized spacial score (nSPS) is 20.6. The Morgan fingerprint density at radius 3 is 2.95 bits per heavy atom. The Hall–Kier alpha value is -1.65. The molecule has 3 N–H and O–H groups in total. The number of nitrogens with two attached hydrogens (primary N) is 1. The number of hydrogen-bond donors (Lipinski definition) is 2. The number of amides is 1. The van der Waals surface area contributed by atoms with Crippen molar-refractivity contribution < 1.29 is 4.79 Å². The van der Waals surface area contributed by atoms with E-state index in [1.165, 1.54) is 5.56 Å². The smallest absolute Gasteiger partial charge is 0.237 e. The maximum Gasteiger partial charge on any atom is 0.237 e. The molecule has 1 saturated heterocycles. The summed E-state index contributed by atoms with van der Waals surface area (Å²) in [7, 11) is 0. The molecule has 1 aromatic carbocycles. The van der Waals surface area contributed by atoms with E-state index in [0.717, 1.165) is 26.1 Å². The largest absolute Gasteiger partial charge is 0.351 e. The van der Waals surface area contributed by atoms with E-state index < -0.39 is 6.04 Å². The summed E-state index contributed by atoms with van der Waals surface area (Å²) in [4.78, 5) is 14.2. The molecule has 20 heavy (non-hydrogen) atoms. The lowest BCUT2D eigenvalue weighted by atomic mass is 10.2. The van der Waals surface area contributed by atoms with E-state index in [-0.39, 0.29) is 11.9 Å². The first-order chi connectivity index (χ1) is 9.69. The van der Waals surface area contributed by atoms with Crippen molar-refractivity contribution in [3.63, 3.8) is 0 Å². The van der Waals surface area contributed by atoms with Crippen LogP contribution in [0.5, 0.6) is 0 Å². The lowest BCUT2D eigenvalue weighted by Crippen LogP contribution is -2.46. The van der Waals surface area contributed by atoms with Crippen molar-refractivity contribution in [2.24, 2.45) is 5.73 Å². The highest BCUT2D eigenvalue weighted by atomic mass is 16.2. The Morgan fingerprint density at radius 2 is 2.25 bits per heavy atom. The Bertz CT molecular complexity index is 446. The van der Waals surface area contributed by atoms with Crippen molar-refractivity contribution in [3.8, 4) is 0 Å². The Balaban J connectivity index is 1.78. The van der Waals surface area contributed by atoms with Crippen LogP contribution < -0.4 is 11.1 Å². The SMILES string of the molecule is C=CCC(N)C(=O)NC1CCN(Cc2ccccc2)C1. The minimum Gasteiger partial charge on any atom is -0.351 e. The summed E-state index contributed by atoms with van der Waals surface area (Å²) in [5, 5.41) is 3.03. The van der Waals surface area contributed by atoms with Crippen LogP contribution in [0.3, 0.4) is 0 Å². The van der Waals surface area contributed by atoms with Gasteiger partial charge in [-0.2, -0.15) is 0 Å². The molecule has 1 aliphatic rings. The monoisotopic (exact) mass is 273 g/mol. The van der Waals surface area contributed by atoms with Crippen LogP contribution >= 0.6 is 0 Å². The fraction of sp³-hybridized carbons (Fsp3) is 0.438. The molecule has 0 bridgehead atoms. The second kappa shape index (κ2) is 7.22. The van der Waals surface area contributed by atoms with Crippen molar-refractivity contribution in [3.05, 3.63) is 48.6 Å². The predicted molar refractivity (Wildman–Crippen MR) is 81.1 cm³/mol. The van der Waals surface area contributed by atoms with Gasteiger partial charge >= 0.3 is 0 Å². The average Bonchev–Trinajstić information content (AvgIpc) is 2.87. The molecule has 0 spiro atoms. The van der Waals surface area contributed by atoms with Crippen LogP contribution in [0.1, 0.15) is 18.4 Å². The molecule has 2 atom stereocenters. The topological polar surface area (TPSA) is 58.4 Å². The molecule has 1 heterocycles. The Morgan fingerprint density at radius 1 is 1.50 bits per heavy atom. The average molecular weight is 273 g/mol. The molecule has 1 fully saturated rings. The number of carbonyl (C=O) groups excluding carboxylic acids is 1. The van der Waals surface area contributed by atoms with Crippen LogP contribution in [0, 0.1) is 0 Å². The summed E-state index contributed by atoms with van der Waals surface area (Å²) in [6, 6.07) is 10.1. The first-order valence-corrected chi connectivity index (χ1v) is 7.12. The fourth-order valence-corrected chi connectivity index (χ4v) is 2.53. The molecule has 0 aromatic heterocycles. The quantitative estimate of drug-likeness (QED) is 0.768. The molecule has 108 valence electrons. The minimum absolute atomic E-state index is 0.0727. The molecule has 4 nitrogen and oxygen atoms in total. The molecule has 2 unspecified atom stereocenters. The first kappa shape index (κ1) is 14.8. The molecule has 1 amide bonds. The van der Waals surface area contributed by atoms with E-state index in [4.69, 9.17) is 5.73 Å². The lowest BCUT2D eigenvalue weighted by molar-refractivity contribution is -0.122. The van der Waals surface area contributed by atoms with Crippen LogP contribution in [0.15, 0.2) is 43.0 Å². The van der Waals surface area contributed by atoms with Crippen LogP contribution in [0.4, 0.5) is 0 Å². The number of likely N-dealkylation sites (tertiary alicyclic amines) is 1. The van der Waals surface area contributed by atoms with Gasteiger partial charge in [0.15, 0.2) is 0 Å². The van der Waals surface area contributed by atoms with E-state index in [1.54, 1.807) is 6.08 Å². The fourth-order valence-electron chi connectivity index (χ4n) is 2.53. The van der Waals surface area contributed by atoms with Crippen molar-refractivity contribution in [1.82, 2.24) is 10.2 Å². The Labute approximate surface area is 120 Å². The maximum absolute atomic E-state index is 11.9. The molecule has 0 saturated carbocycles. The third kappa shape index (κ3) is 4.18. The zero-order valence-corrected chi connectivity index (χ0v) is 11.8. The standard InChI is InChI=1S/C16H23N3O/c1-2-6-15(17)16(20)18-14-9-10-19(12-14)11-13-7-4-3-5-8-13/h2-5,7-8,14-15H,1,6,9-12,17H2,(H,18,20). The van der Waals surface area contributed by atoms with Gasteiger partial charge < -0.3 is 11.1 Å². The van der Waals surface area contributed by atoms with Gasteiger partial charge in [-0.1, -0.05) is 36.4 Å².